The molecule has 0 fully saturated rings. The van der Waals surface area contributed by atoms with Gasteiger partial charge in [0.05, 0.1) is 31.0 Å². The molecule has 0 aliphatic carbocycles. The summed E-state index contributed by atoms with van der Waals surface area (Å²) in [6, 6.07) is 18.9. The largest absolute Gasteiger partial charge is 0.497 e. The molecule has 1 heterocycles. The summed E-state index contributed by atoms with van der Waals surface area (Å²) < 4.78 is 6.45. The van der Waals surface area contributed by atoms with E-state index in [9.17, 15) is 9.59 Å². The van der Waals surface area contributed by atoms with Crippen molar-refractivity contribution in [3.8, 4) is 23.1 Å². The molecule has 1 N–H and O–H groups in total. The summed E-state index contributed by atoms with van der Waals surface area (Å²) in [5.74, 6) is 0.428. The van der Waals surface area contributed by atoms with Crippen molar-refractivity contribution in [3.05, 3.63) is 82.1 Å². The molecular formula is C21H18N4O3. The molecule has 2 aromatic carbocycles. The van der Waals surface area contributed by atoms with Crippen molar-refractivity contribution in [3.63, 3.8) is 0 Å². The van der Waals surface area contributed by atoms with E-state index in [1.807, 2.05) is 30.3 Å². The second kappa shape index (κ2) is 8.64. The molecule has 1 amide bonds. The summed E-state index contributed by atoms with van der Waals surface area (Å²) >= 11 is 0. The predicted molar refractivity (Wildman–Crippen MR) is 104 cm³/mol. The molecule has 0 aliphatic heterocycles. The van der Waals surface area contributed by atoms with E-state index in [1.165, 1.54) is 16.8 Å². The third-order valence-electron chi connectivity index (χ3n) is 4.12. The Morgan fingerprint density at radius 3 is 2.68 bits per heavy atom. The molecule has 28 heavy (non-hydrogen) atoms. The first-order chi connectivity index (χ1) is 13.6. The van der Waals surface area contributed by atoms with Crippen LogP contribution in [0.15, 0.2) is 65.5 Å². The van der Waals surface area contributed by atoms with Gasteiger partial charge in [0.15, 0.2) is 0 Å². The molecule has 1 aromatic heterocycles. The monoisotopic (exact) mass is 374 g/mol. The standard InChI is InChI=1S/C21H18N4O3/c1-28-18-7-5-16(6-8-18)19-9-10-20(26)25(24-19)12-11-23-21(27)17-4-2-3-15(13-17)14-22/h2-10,13H,11-12H2,1H3,(H,23,27). The molecule has 0 atom stereocenters. The van der Waals surface area contributed by atoms with Gasteiger partial charge >= 0.3 is 0 Å². The van der Waals surface area contributed by atoms with Crippen molar-refractivity contribution >= 4 is 5.91 Å². The molecule has 7 heteroatoms. The van der Waals surface area contributed by atoms with Crippen LogP contribution in [0.1, 0.15) is 15.9 Å². The third-order valence-corrected chi connectivity index (χ3v) is 4.12. The Bertz CT molecular complexity index is 1080. The Balaban J connectivity index is 1.67. The lowest BCUT2D eigenvalue weighted by atomic mass is 10.1. The van der Waals surface area contributed by atoms with Gasteiger partial charge in [-0.15, -0.1) is 0 Å². The normalized spacial score (nSPS) is 10.1. The van der Waals surface area contributed by atoms with E-state index in [1.54, 1.807) is 31.4 Å². The zero-order valence-corrected chi connectivity index (χ0v) is 15.3. The number of hydrogen-bond acceptors (Lipinski definition) is 5. The lowest BCUT2D eigenvalue weighted by molar-refractivity contribution is 0.0951. The van der Waals surface area contributed by atoms with Gasteiger partial charge in [-0.25, -0.2) is 4.68 Å². The lowest BCUT2D eigenvalue weighted by Gasteiger charge is -2.09. The van der Waals surface area contributed by atoms with E-state index in [4.69, 9.17) is 10.00 Å². The maximum atomic E-state index is 12.2. The number of carbonyl (C=O) groups excluding carboxylic acids is 1. The fourth-order valence-electron chi connectivity index (χ4n) is 2.63. The molecule has 0 bridgehead atoms. The Morgan fingerprint density at radius 1 is 1.18 bits per heavy atom. The van der Waals surface area contributed by atoms with Crippen LogP contribution in [0, 0.1) is 11.3 Å². The van der Waals surface area contributed by atoms with Gasteiger partial charge in [0.2, 0.25) is 0 Å². The van der Waals surface area contributed by atoms with Crippen molar-refractivity contribution in [2.45, 2.75) is 6.54 Å². The molecule has 3 rings (SSSR count). The maximum Gasteiger partial charge on any atom is 0.266 e. The van der Waals surface area contributed by atoms with Crippen LogP contribution >= 0.6 is 0 Å². The van der Waals surface area contributed by atoms with Gasteiger partial charge in [0, 0.05) is 23.7 Å². The number of aromatic nitrogens is 2. The second-order valence-corrected chi connectivity index (χ2v) is 5.96. The highest BCUT2D eigenvalue weighted by atomic mass is 16.5. The fourth-order valence-corrected chi connectivity index (χ4v) is 2.63. The number of methoxy groups -OCH3 is 1. The zero-order chi connectivity index (χ0) is 19.9. The van der Waals surface area contributed by atoms with E-state index >= 15 is 0 Å². The average molecular weight is 374 g/mol. The van der Waals surface area contributed by atoms with Gasteiger partial charge in [0.25, 0.3) is 11.5 Å². The highest BCUT2D eigenvalue weighted by molar-refractivity contribution is 5.94. The summed E-state index contributed by atoms with van der Waals surface area (Å²) in [5.41, 5.74) is 2.06. The number of carbonyl (C=O) groups is 1. The topological polar surface area (TPSA) is 97.0 Å². The van der Waals surface area contributed by atoms with Crippen LogP contribution in [-0.4, -0.2) is 29.3 Å². The number of rotatable bonds is 6. The SMILES string of the molecule is COc1ccc(-c2ccc(=O)n(CCNC(=O)c3cccc(C#N)c3)n2)cc1. The second-order valence-electron chi connectivity index (χ2n) is 5.96. The molecule has 0 saturated carbocycles. The molecule has 0 aliphatic rings. The molecule has 0 unspecified atom stereocenters. The summed E-state index contributed by atoms with van der Waals surface area (Å²) in [6.45, 7) is 0.459. The van der Waals surface area contributed by atoms with Crippen molar-refractivity contribution in [2.75, 3.05) is 13.7 Å². The summed E-state index contributed by atoms with van der Waals surface area (Å²) in [4.78, 5) is 24.3. The first kappa shape index (κ1) is 18.9. The van der Waals surface area contributed by atoms with Gasteiger partial charge < -0.3 is 10.1 Å². The van der Waals surface area contributed by atoms with Crippen LogP contribution in [0.3, 0.4) is 0 Å². The summed E-state index contributed by atoms with van der Waals surface area (Å²) in [6.07, 6.45) is 0. The van der Waals surface area contributed by atoms with E-state index in [2.05, 4.69) is 10.4 Å². The first-order valence-electron chi connectivity index (χ1n) is 8.61. The number of amides is 1. The van der Waals surface area contributed by atoms with Crippen molar-refractivity contribution in [2.24, 2.45) is 0 Å². The van der Waals surface area contributed by atoms with Gasteiger partial charge in [-0.1, -0.05) is 6.07 Å². The van der Waals surface area contributed by atoms with Gasteiger partial charge in [-0.3, -0.25) is 9.59 Å². The fraction of sp³-hybridized carbons (Fsp3) is 0.143. The number of nitriles is 1. The molecule has 0 radical (unpaired) electrons. The Labute approximate surface area is 161 Å². The Morgan fingerprint density at radius 2 is 1.96 bits per heavy atom. The molecular weight excluding hydrogens is 356 g/mol. The smallest absolute Gasteiger partial charge is 0.266 e. The lowest BCUT2D eigenvalue weighted by Crippen LogP contribution is -2.32. The van der Waals surface area contributed by atoms with Crippen LogP contribution in [0.5, 0.6) is 5.75 Å². The van der Waals surface area contributed by atoms with E-state index < -0.39 is 0 Å². The van der Waals surface area contributed by atoms with Crippen LogP contribution < -0.4 is 15.6 Å². The zero-order valence-electron chi connectivity index (χ0n) is 15.3. The Kier molecular flexibility index (Phi) is 5.82. The van der Waals surface area contributed by atoms with Crippen LogP contribution in [0.2, 0.25) is 0 Å². The number of hydrogen-bond donors (Lipinski definition) is 1. The maximum absolute atomic E-state index is 12.2. The minimum absolute atomic E-state index is 0.229. The molecule has 0 spiro atoms. The Hall–Kier alpha value is -3.92. The van der Waals surface area contributed by atoms with Crippen molar-refractivity contribution in [1.29, 1.82) is 5.26 Å². The number of nitrogens with one attached hydrogen (secondary N) is 1. The van der Waals surface area contributed by atoms with E-state index in [0.29, 0.717) is 16.8 Å². The van der Waals surface area contributed by atoms with E-state index in [-0.39, 0.29) is 24.6 Å². The van der Waals surface area contributed by atoms with E-state index in [0.717, 1.165) is 11.3 Å². The summed E-state index contributed by atoms with van der Waals surface area (Å²) in [7, 11) is 1.60. The molecule has 3 aromatic rings. The first-order valence-corrected chi connectivity index (χ1v) is 8.61. The van der Waals surface area contributed by atoms with Crippen molar-refractivity contribution < 1.29 is 9.53 Å². The number of nitrogens with zero attached hydrogens (tertiary/aromatic N) is 3. The van der Waals surface area contributed by atoms with Crippen LogP contribution in [0.25, 0.3) is 11.3 Å². The van der Waals surface area contributed by atoms with Gasteiger partial charge in [-0.05, 0) is 48.5 Å². The summed E-state index contributed by atoms with van der Waals surface area (Å²) in [5, 5.41) is 16.0. The minimum atomic E-state index is -0.309. The van der Waals surface area contributed by atoms with Gasteiger partial charge in [0.1, 0.15) is 5.75 Å². The third kappa shape index (κ3) is 4.43. The highest BCUT2D eigenvalue weighted by Gasteiger charge is 2.07. The average Bonchev–Trinajstić information content (AvgIpc) is 2.75. The predicted octanol–water partition coefficient (Wildman–Crippen LogP) is 2.22. The highest BCUT2D eigenvalue weighted by Crippen LogP contribution is 2.19. The molecule has 140 valence electrons. The van der Waals surface area contributed by atoms with Crippen molar-refractivity contribution in [1.82, 2.24) is 15.1 Å². The minimum Gasteiger partial charge on any atom is -0.497 e. The van der Waals surface area contributed by atoms with Crippen LogP contribution in [0.4, 0.5) is 0 Å². The van der Waals surface area contributed by atoms with Crippen LogP contribution in [-0.2, 0) is 6.54 Å². The molecule has 0 saturated heterocycles. The number of benzene rings is 2. The molecule has 7 nitrogen and oxygen atoms in total. The number of ether oxygens (including phenoxy) is 1. The van der Waals surface area contributed by atoms with Gasteiger partial charge in [-0.2, -0.15) is 10.4 Å². The quantitative estimate of drug-likeness (QED) is 0.714.